The number of nitrogens with one attached hydrogen (secondary N) is 1. The molecule has 1 amide bonds. The Morgan fingerprint density at radius 1 is 1.14 bits per heavy atom. The quantitative estimate of drug-likeness (QED) is 0.740. The summed E-state index contributed by atoms with van der Waals surface area (Å²) < 4.78 is 6.79. The minimum atomic E-state index is -0.0552. The second kappa shape index (κ2) is 7.41. The van der Waals surface area contributed by atoms with Crippen LogP contribution in [0.15, 0.2) is 29.0 Å². The van der Waals surface area contributed by atoms with Crippen molar-refractivity contribution in [2.24, 2.45) is 5.92 Å². The van der Waals surface area contributed by atoms with Crippen molar-refractivity contribution in [2.75, 3.05) is 23.3 Å². The number of aryl methyl sites for hydroxylation is 3. The van der Waals surface area contributed by atoms with Crippen molar-refractivity contribution in [2.45, 2.75) is 33.6 Å². The molecule has 1 aliphatic rings. The van der Waals surface area contributed by atoms with Crippen LogP contribution < -0.4 is 10.2 Å². The van der Waals surface area contributed by atoms with Crippen LogP contribution in [0.25, 0.3) is 5.82 Å². The highest BCUT2D eigenvalue weighted by Crippen LogP contribution is 2.23. The second-order valence-corrected chi connectivity index (χ2v) is 7.15. The number of amides is 1. The zero-order valence-electron chi connectivity index (χ0n) is 16.2. The molecule has 3 aromatic rings. The molecule has 0 spiro atoms. The molecule has 4 rings (SSSR count). The third-order valence-electron chi connectivity index (χ3n) is 4.90. The monoisotopic (exact) mass is 381 g/mol. The van der Waals surface area contributed by atoms with Gasteiger partial charge in [0.15, 0.2) is 11.6 Å². The summed E-state index contributed by atoms with van der Waals surface area (Å²) in [5, 5.41) is 11.1. The lowest BCUT2D eigenvalue weighted by Gasteiger charge is -2.31. The Morgan fingerprint density at radius 3 is 2.54 bits per heavy atom. The first kappa shape index (κ1) is 18.1. The van der Waals surface area contributed by atoms with Crippen LogP contribution in [-0.2, 0) is 4.79 Å². The molecular formula is C19H23N7O2. The predicted octanol–water partition coefficient (Wildman–Crippen LogP) is 2.43. The minimum Gasteiger partial charge on any atom is -0.360 e. The van der Waals surface area contributed by atoms with E-state index >= 15 is 0 Å². The van der Waals surface area contributed by atoms with Crippen LogP contribution >= 0.6 is 0 Å². The van der Waals surface area contributed by atoms with Crippen LogP contribution in [0, 0.1) is 26.7 Å². The molecule has 1 saturated heterocycles. The van der Waals surface area contributed by atoms with Gasteiger partial charge in [0.05, 0.1) is 18.1 Å². The van der Waals surface area contributed by atoms with E-state index in [0.29, 0.717) is 17.4 Å². The van der Waals surface area contributed by atoms with Crippen molar-refractivity contribution in [1.29, 1.82) is 0 Å². The Hall–Kier alpha value is -3.23. The van der Waals surface area contributed by atoms with Gasteiger partial charge in [0.1, 0.15) is 11.6 Å². The molecule has 0 radical (unpaired) electrons. The zero-order chi connectivity index (χ0) is 19.7. The van der Waals surface area contributed by atoms with Crippen LogP contribution in [0.1, 0.15) is 30.0 Å². The lowest BCUT2D eigenvalue weighted by Crippen LogP contribution is -2.38. The van der Waals surface area contributed by atoms with E-state index in [1.165, 1.54) is 0 Å². The van der Waals surface area contributed by atoms with Gasteiger partial charge in [-0.3, -0.25) is 9.78 Å². The standard InChI is InChI=1S/C19H23N7O2/c1-12-8-13(2)26(23-12)18-11-20-10-17(22-18)25-6-4-15(5-7-25)19(27)21-16-9-14(3)28-24-16/h8-11,15H,4-7H2,1-3H3,(H,21,24,27). The summed E-state index contributed by atoms with van der Waals surface area (Å²) in [6.45, 7) is 7.23. The first-order chi connectivity index (χ1) is 13.5. The average molecular weight is 381 g/mol. The molecule has 146 valence electrons. The van der Waals surface area contributed by atoms with Crippen LogP contribution in [-0.4, -0.2) is 43.9 Å². The molecule has 9 heteroatoms. The maximum absolute atomic E-state index is 12.4. The van der Waals surface area contributed by atoms with Crippen LogP contribution in [0.2, 0.25) is 0 Å². The molecule has 0 atom stereocenters. The number of nitrogens with zero attached hydrogens (tertiary/aromatic N) is 6. The lowest BCUT2D eigenvalue weighted by molar-refractivity contribution is -0.120. The SMILES string of the molecule is Cc1cc(C)n(-c2cncc(N3CCC(C(=O)Nc4cc(C)on4)CC3)n2)n1. The number of anilines is 2. The number of aromatic nitrogens is 5. The van der Waals surface area contributed by atoms with Gasteiger partial charge < -0.3 is 14.7 Å². The Morgan fingerprint density at radius 2 is 1.89 bits per heavy atom. The second-order valence-electron chi connectivity index (χ2n) is 7.15. The van der Waals surface area contributed by atoms with Gasteiger partial charge in [-0.25, -0.2) is 9.67 Å². The van der Waals surface area contributed by atoms with Gasteiger partial charge in [-0.15, -0.1) is 0 Å². The topological polar surface area (TPSA) is 102 Å². The predicted molar refractivity (Wildman–Crippen MR) is 103 cm³/mol. The molecule has 0 saturated carbocycles. The van der Waals surface area contributed by atoms with E-state index in [9.17, 15) is 4.79 Å². The third kappa shape index (κ3) is 3.73. The van der Waals surface area contributed by atoms with Gasteiger partial charge in [0.25, 0.3) is 0 Å². The number of hydrogen-bond donors (Lipinski definition) is 1. The fourth-order valence-corrected chi connectivity index (χ4v) is 3.49. The number of carbonyl (C=O) groups excluding carboxylic acids is 1. The average Bonchev–Trinajstić information content (AvgIpc) is 3.26. The highest BCUT2D eigenvalue weighted by atomic mass is 16.5. The summed E-state index contributed by atoms with van der Waals surface area (Å²) in [6, 6.07) is 3.72. The Labute approximate surface area is 162 Å². The number of carbonyl (C=O) groups is 1. The van der Waals surface area contributed by atoms with Gasteiger partial charge in [0.2, 0.25) is 5.91 Å². The highest BCUT2D eigenvalue weighted by molar-refractivity contribution is 5.91. The van der Waals surface area contributed by atoms with Crippen LogP contribution in [0.5, 0.6) is 0 Å². The summed E-state index contributed by atoms with van der Waals surface area (Å²) >= 11 is 0. The lowest BCUT2D eigenvalue weighted by atomic mass is 9.96. The van der Waals surface area contributed by atoms with Gasteiger partial charge in [-0.05, 0) is 39.7 Å². The molecule has 1 aliphatic heterocycles. The Bertz CT molecular complexity index is 986. The fraction of sp³-hybridized carbons (Fsp3) is 0.421. The zero-order valence-corrected chi connectivity index (χ0v) is 16.2. The van der Waals surface area contributed by atoms with Crippen molar-refractivity contribution in [1.82, 2.24) is 24.9 Å². The normalized spacial score (nSPS) is 15.0. The first-order valence-corrected chi connectivity index (χ1v) is 9.34. The highest BCUT2D eigenvalue weighted by Gasteiger charge is 2.26. The van der Waals surface area contributed by atoms with Crippen molar-refractivity contribution in [3.8, 4) is 5.82 Å². The van der Waals surface area contributed by atoms with E-state index in [0.717, 1.165) is 43.1 Å². The van der Waals surface area contributed by atoms with Gasteiger partial charge in [-0.1, -0.05) is 5.16 Å². The molecular weight excluding hydrogens is 358 g/mol. The molecule has 0 aromatic carbocycles. The molecule has 0 bridgehead atoms. The van der Waals surface area contributed by atoms with E-state index in [2.05, 4.69) is 25.5 Å². The summed E-state index contributed by atoms with van der Waals surface area (Å²) in [5.41, 5.74) is 1.96. The van der Waals surface area contributed by atoms with Crippen molar-refractivity contribution in [3.05, 3.63) is 41.7 Å². The molecule has 0 unspecified atom stereocenters. The third-order valence-corrected chi connectivity index (χ3v) is 4.90. The van der Waals surface area contributed by atoms with E-state index in [1.807, 2.05) is 19.9 Å². The van der Waals surface area contributed by atoms with Crippen LogP contribution in [0.4, 0.5) is 11.6 Å². The Kier molecular flexibility index (Phi) is 4.81. The molecule has 3 aromatic heterocycles. The van der Waals surface area contributed by atoms with E-state index in [1.54, 1.807) is 30.1 Å². The molecule has 1 fully saturated rings. The molecule has 0 aliphatic carbocycles. The molecule has 1 N–H and O–H groups in total. The first-order valence-electron chi connectivity index (χ1n) is 9.34. The maximum atomic E-state index is 12.4. The largest absolute Gasteiger partial charge is 0.360 e. The van der Waals surface area contributed by atoms with Crippen molar-refractivity contribution < 1.29 is 9.32 Å². The molecule has 28 heavy (non-hydrogen) atoms. The minimum absolute atomic E-state index is 0.0181. The van der Waals surface area contributed by atoms with Gasteiger partial charge >= 0.3 is 0 Å². The summed E-state index contributed by atoms with van der Waals surface area (Å²) in [5.74, 6) is 2.57. The van der Waals surface area contributed by atoms with Crippen LogP contribution in [0.3, 0.4) is 0 Å². The number of hydrogen-bond acceptors (Lipinski definition) is 7. The van der Waals surface area contributed by atoms with Gasteiger partial charge in [0, 0.05) is 30.8 Å². The van der Waals surface area contributed by atoms with E-state index < -0.39 is 0 Å². The van der Waals surface area contributed by atoms with Gasteiger partial charge in [-0.2, -0.15) is 5.10 Å². The summed E-state index contributed by atoms with van der Waals surface area (Å²) in [4.78, 5) is 23.7. The fourth-order valence-electron chi connectivity index (χ4n) is 3.49. The van der Waals surface area contributed by atoms with Crippen molar-refractivity contribution >= 4 is 17.5 Å². The Balaban J connectivity index is 1.40. The van der Waals surface area contributed by atoms with E-state index in [-0.39, 0.29) is 11.8 Å². The molecule has 4 heterocycles. The van der Waals surface area contributed by atoms with Crippen molar-refractivity contribution in [3.63, 3.8) is 0 Å². The van der Waals surface area contributed by atoms with E-state index in [4.69, 9.17) is 9.51 Å². The smallest absolute Gasteiger partial charge is 0.228 e. The maximum Gasteiger partial charge on any atom is 0.228 e. The number of rotatable bonds is 4. The molecule has 9 nitrogen and oxygen atoms in total. The summed E-state index contributed by atoms with van der Waals surface area (Å²) in [7, 11) is 0. The number of piperidine rings is 1. The summed E-state index contributed by atoms with van der Waals surface area (Å²) in [6.07, 6.45) is 4.96.